The third kappa shape index (κ3) is 5.33. The van der Waals surface area contributed by atoms with Gasteiger partial charge in [-0.25, -0.2) is 14.8 Å². The molecule has 5 rings (SSSR count). The lowest BCUT2D eigenvalue weighted by Gasteiger charge is -2.21. The zero-order valence-electron chi connectivity index (χ0n) is 21.7. The van der Waals surface area contributed by atoms with E-state index in [1.165, 1.54) is 12.4 Å². The van der Waals surface area contributed by atoms with Crippen LogP contribution in [0.25, 0.3) is 17.3 Å². The first-order chi connectivity index (χ1) is 19.0. The second-order valence-electron chi connectivity index (χ2n) is 8.42. The molecule has 1 unspecified atom stereocenters. The Bertz CT molecular complexity index is 1610. The average Bonchev–Trinajstić information content (AvgIpc) is 3.57. The van der Waals surface area contributed by atoms with E-state index in [-0.39, 0.29) is 12.6 Å². The molecule has 13 heteroatoms. The molecule has 0 fully saturated rings. The Kier molecular flexibility index (Phi) is 7.32. The normalized spacial score (nSPS) is 11.8. The van der Waals surface area contributed by atoms with Crippen molar-refractivity contribution in [2.75, 3.05) is 26.6 Å². The second kappa shape index (κ2) is 11.1. The Hall–Kier alpha value is -5.04. The summed E-state index contributed by atoms with van der Waals surface area (Å²) in [5, 5.41) is 11.9. The highest BCUT2D eigenvalue weighted by Gasteiger charge is 2.24. The lowest BCUT2D eigenvalue weighted by molar-refractivity contribution is 0.180. The predicted molar refractivity (Wildman–Crippen MR) is 140 cm³/mol. The van der Waals surface area contributed by atoms with Gasteiger partial charge in [0.1, 0.15) is 6.04 Å². The number of aryl methyl sites for hydroxylation is 1. The number of hydrogen-bond acceptors (Lipinski definition) is 11. The molecule has 3 aromatic heterocycles. The minimum absolute atomic E-state index is 0.149. The van der Waals surface area contributed by atoms with E-state index in [2.05, 4.69) is 35.5 Å². The molecule has 0 aliphatic heterocycles. The van der Waals surface area contributed by atoms with Crippen LogP contribution in [0.2, 0.25) is 0 Å². The summed E-state index contributed by atoms with van der Waals surface area (Å²) in [7, 11) is 4.72. The van der Waals surface area contributed by atoms with Crippen molar-refractivity contribution in [1.82, 2.24) is 34.9 Å². The molecule has 0 aliphatic carbocycles. The van der Waals surface area contributed by atoms with Crippen LogP contribution >= 0.6 is 0 Å². The van der Waals surface area contributed by atoms with Crippen LogP contribution in [0.4, 0.5) is 5.69 Å². The Morgan fingerprint density at radius 2 is 1.85 bits per heavy atom. The first-order valence-electron chi connectivity index (χ1n) is 11.9. The summed E-state index contributed by atoms with van der Waals surface area (Å²) in [4.78, 5) is 28.3. The number of aromatic nitrogens is 7. The molecule has 0 radical (unpaired) electrons. The van der Waals surface area contributed by atoms with Crippen LogP contribution < -0.4 is 20.5 Å². The Balaban J connectivity index is 1.58. The minimum atomic E-state index is -0.614. The number of hydrogen-bond donors (Lipinski definition) is 2. The van der Waals surface area contributed by atoms with Crippen LogP contribution in [0.1, 0.15) is 28.9 Å². The van der Waals surface area contributed by atoms with Gasteiger partial charge in [-0.3, -0.25) is 4.98 Å². The van der Waals surface area contributed by atoms with Crippen molar-refractivity contribution in [3.05, 3.63) is 88.2 Å². The molecule has 200 valence electrons. The molecular formula is C26H26N8O5. The molecule has 5 aromatic rings. The summed E-state index contributed by atoms with van der Waals surface area (Å²) >= 11 is 0. The highest BCUT2D eigenvalue weighted by Crippen LogP contribution is 2.37. The van der Waals surface area contributed by atoms with E-state index in [1.54, 1.807) is 34.3 Å². The fourth-order valence-electron chi connectivity index (χ4n) is 4.11. The number of anilines is 1. The Morgan fingerprint density at radius 3 is 2.49 bits per heavy atom. The molecule has 0 aliphatic rings. The number of benzene rings is 2. The smallest absolute Gasteiger partial charge is 0.350 e. The third-order valence-corrected chi connectivity index (χ3v) is 5.84. The zero-order valence-corrected chi connectivity index (χ0v) is 21.7. The van der Waals surface area contributed by atoms with E-state index >= 15 is 0 Å². The SMILES string of the molecule is COCc1cc(C(Nc2ccc(-c3noc(C)n3)cc2)c2nn(-c3ncccn3)c(=O)[nH]2)cc(OC)c1OC. The van der Waals surface area contributed by atoms with E-state index in [4.69, 9.17) is 18.7 Å². The van der Waals surface area contributed by atoms with E-state index in [0.717, 1.165) is 27.1 Å². The third-order valence-electron chi connectivity index (χ3n) is 5.84. The fourth-order valence-corrected chi connectivity index (χ4v) is 4.11. The van der Waals surface area contributed by atoms with Gasteiger partial charge in [0, 0.05) is 43.2 Å². The monoisotopic (exact) mass is 530 g/mol. The van der Waals surface area contributed by atoms with E-state index in [9.17, 15) is 4.79 Å². The standard InChI is InChI=1S/C26H26N8O5/c1-15-29-23(33-39-15)16-6-8-19(9-7-16)30-21(17-12-18(14-36-2)22(38-4)20(13-17)37-3)24-31-26(35)34(32-24)25-27-10-5-11-28-25/h5-13,21,30H,14H2,1-4H3,(H,31,32,35). The number of methoxy groups -OCH3 is 3. The molecule has 0 bridgehead atoms. The maximum Gasteiger partial charge on any atom is 0.350 e. The van der Waals surface area contributed by atoms with E-state index in [0.29, 0.717) is 29.0 Å². The van der Waals surface area contributed by atoms with Gasteiger partial charge < -0.3 is 24.1 Å². The zero-order chi connectivity index (χ0) is 27.4. The molecule has 0 spiro atoms. The maximum absolute atomic E-state index is 12.9. The van der Waals surface area contributed by atoms with Gasteiger partial charge in [0.2, 0.25) is 11.7 Å². The fraction of sp³-hybridized carbons (Fsp3) is 0.231. The topological polar surface area (TPSA) is 155 Å². The molecule has 1 atom stereocenters. The second-order valence-corrected chi connectivity index (χ2v) is 8.42. The van der Waals surface area contributed by atoms with Gasteiger partial charge in [0.25, 0.3) is 5.95 Å². The molecule has 13 nitrogen and oxygen atoms in total. The van der Waals surface area contributed by atoms with Crippen molar-refractivity contribution in [2.24, 2.45) is 0 Å². The summed E-state index contributed by atoms with van der Waals surface area (Å²) < 4.78 is 22.8. The molecule has 0 amide bonds. The van der Waals surface area contributed by atoms with Gasteiger partial charge >= 0.3 is 5.69 Å². The number of aromatic amines is 1. The first kappa shape index (κ1) is 25.6. The van der Waals surface area contributed by atoms with Crippen molar-refractivity contribution in [3.63, 3.8) is 0 Å². The van der Waals surface area contributed by atoms with Crippen molar-refractivity contribution < 1.29 is 18.7 Å². The molecule has 0 saturated carbocycles. The molecule has 0 saturated heterocycles. The van der Waals surface area contributed by atoms with Crippen LogP contribution in [-0.2, 0) is 11.3 Å². The number of nitrogens with zero attached hydrogens (tertiary/aromatic N) is 6. The number of H-pyrrole nitrogens is 1. The molecule has 2 aromatic carbocycles. The van der Waals surface area contributed by atoms with Crippen LogP contribution in [0, 0.1) is 6.92 Å². The number of rotatable bonds is 10. The molecule has 39 heavy (non-hydrogen) atoms. The van der Waals surface area contributed by atoms with E-state index < -0.39 is 11.7 Å². The molecular weight excluding hydrogens is 504 g/mol. The predicted octanol–water partition coefficient (Wildman–Crippen LogP) is 3.07. The molecule has 2 N–H and O–H groups in total. The highest BCUT2D eigenvalue weighted by atomic mass is 16.5. The summed E-state index contributed by atoms with van der Waals surface area (Å²) in [5.41, 5.74) is 2.56. The summed E-state index contributed by atoms with van der Waals surface area (Å²) in [5.74, 6) is 2.51. The van der Waals surface area contributed by atoms with Gasteiger partial charge in [-0.1, -0.05) is 5.16 Å². The van der Waals surface area contributed by atoms with Crippen molar-refractivity contribution in [1.29, 1.82) is 0 Å². The van der Waals surface area contributed by atoms with E-state index in [1.807, 2.05) is 36.4 Å². The van der Waals surface area contributed by atoms with Crippen molar-refractivity contribution in [3.8, 4) is 28.8 Å². The minimum Gasteiger partial charge on any atom is -0.493 e. The lowest BCUT2D eigenvalue weighted by Crippen LogP contribution is -2.18. The highest BCUT2D eigenvalue weighted by molar-refractivity contribution is 5.60. The Morgan fingerprint density at radius 1 is 1.08 bits per heavy atom. The quantitative estimate of drug-likeness (QED) is 0.274. The van der Waals surface area contributed by atoms with Crippen LogP contribution in [0.15, 0.2) is 64.2 Å². The first-order valence-corrected chi connectivity index (χ1v) is 11.9. The van der Waals surface area contributed by atoms with Crippen LogP contribution in [0.5, 0.6) is 11.5 Å². The lowest BCUT2D eigenvalue weighted by atomic mass is 10.0. The van der Waals surface area contributed by atoms with Crippen molar-refractivity contribution >= 4 is 5.69 Å². The summed E-state index contributed by atoms with van der Waals surface area (Å²) in [6.07, 6.45) is 3.08. The van der Waals surface area contributed by atoms with Gasteiger partial charge in [-0.05, 0) is 48.0 Å². The van der Waals surface area contributed by atoms with Crippen LogP contribution in [-0.4, -0.2) is 56.2 Å². The van der Waals surface area contributed by atoms with Crippen LogP contribution in [0.3, 0.4) is 0 Å². The number of nitrogens with one attached hydrogen (secondary N) is 2. The van der Waals surface area contributed by atoms with Gasteiger partial charge in [0.05, 0.1) is 20.8 Å². The Labute approximate surface area is 222 Å². The summed E-state index contributed by atoms with van der Waals surface area (Å²) in [6.45, 7) is 2.01. The maximum atomic E-state index is 12.9. The number of ether oxygens (including phenoxy) is 3. The summed E-state index contributed by atoms with van der Waals surface area (Å²) in [6, 6.07) is 12.3. The van der Waals surface area contributed by atoms with Gasteiger partial charge in [0.15, 0.2) is 17.3 Å². The molecule has 3 heterocycles. The van der Waals surface area contributed by atoms with Gasteiger partial charge in [-0.2, -0.15) is 4.98 Å². The average molecular weight is 531 g/mol. The van der Waals surface area contributed by atoms with Gasteiger partial charge in [-0.15, -0.1) is 9.78 Å². The largest absolute Gasteiger partial charge is 0.493 e. The van der Waals surface area contributed by atoms with Crippen molar-refractivity contribution in [2.45, 2.75) is 19.6 Å².